The first-order valence-electron chi connectivity index (χ1n) is 6.98. The summed E-state index contributed by atoms with van der Waals surface area (Å²) in [6, 6.07) is -1.39. The minimum Gasteiger partial charge on any atom is -0.426 e. The van der Waals surface area contributed by atoms with Crippen molar-refractivity contribution in [2.24, 2.45) is 11.7 Å². The number of nitrogens with one attached hydrogen (secondary N) is 1. The number of likely N-dealkylation sites (tertiary alicyclic amines) is 1. The average Bonchev–Trinajstić information content (AvgIpc) is 2.85. The molecule has 0 spiro atoms. The quantitative estimate of drug-likeness (QED) is 0.458. The molecule has 0 aliphatic carbocycles. The largest absolute Gasteiger partial charge is 0.475 e. The number of carbonyl (C=O) groups is 2. The number of hydrogen-bond acceptors (Lipinski definition) is 5. The maximum absolute atomic E-state index is 12.2. The van der Waals surface area contributed by atoms with Crippen LogP contribution in [0.25, 0.3) is 0 Å². The number of rotatable bonds is 5. The minimum atomic E-state index is -1.55. The first kappa shape index (κ1) is 16.9. The lowest BCUT2D eigenvalue weighted by molar-refractivity contribution is -0.136. The van der Waals surface area contributed by atoms with E-state index in [1.807, 2.05) is 13.8 Å². The van der Waals surface area contributed by atoms with Crippen LogP contribution in [0.1, 0.15) is 33.6 Å². The fraction of sp³-hybridized carbons (Fsp3) is 0.833. The lowest BCUT2D eigenvalue weighted by Crippen LogP contribution is -2.55. The van der Waals surface area contributed by atoms with E-state index in [1.54, 1.807) is 6.92 Å². The molecule has 0 unspecified atom stereocenters. The predicted octanol–water partition coefficient (Wildman–Crippen LogP) is -1.52. The van der Waals surface area contributed by atoms with Crippen LogP contribution in [-0.2, 0) is 9.59 Å². The highest BCUT2D eigenvalue weighted by atomic mass is 16.4. The minimum absolute atomic E-state index is 0.0175. The Kier molecular flexibility index (Phi) is 5.97. The molecule has 0 aromatic heterocycles. The molecule has 0 saturated carbocycles. The topological polar surface area (TPSA) is 116 Å². The highest BCUT2D eigenvalue weighted by Crippen LogP contribution is 2.19. The van der Waals surface area contributed by atoms with Crippen LogP contribution in [0.3, 0.4) is 0 Å². The van der Waals surface area contributed by atoms with Crippen molar-refractivity contribution in [1.29, 1.82) is 0 Å². The summed E-state index contributed by atoms with van der Waals surface area (Å²) >= 11 is 0. The van der Waals surface area contributed by atoms with Crippen molar-refractivity contribution in [3.8, 4) is 0 Å². The molecule has 7 nitrogen and oxygen atoms in total. The Labute approximate surface area is 119 Å². The van der Waals surface area contributed by atoms with Crippen molar-refractivity contribution in [1.82, 2.24) is 10.2 Å². The van der Waals surface area contributed by atoms with Crippen LogP contribution in [0, 0.1) is 5.92 Å². The van der Waals surface area contributed by atoms with Gasteiger partial charge in [0.1, 0.15) is 6.04 Å². The Balaban J connectivity index is 2.61. The van der Waals surface area contributed by atoms with Gasteiger partial charge in [0.15, 0.2) is 0 Å². The van der Waals surface area contributed by atoms with Gasteiger partial charge in [-0.3, -0.25) is 9.59 Å². The van der Waals surface area contributed by atoms with Gasteiger partial charge in [-0.2, -0.15) is 0 Å². The van der Waals surface area contributed by atoms with E-state index in [2.05, 4.69) is 5.32 Å². The molecule has 0 aromatic rings. The maximum Gasteiger partial charge on any atom is 0.475 e. The van der Waals surface area contributed by atoms with Gasteiger partial charge in [0.05, 0.1) is 12.0 Å². The van der Waals surface area contributed by atoms with Gasteiger partial charge < -0.3 is 26.0 Å². The van der Waals surface area contributed by atoms with Crippen LogP contribution in [0.5, 0.6) is 0 Å². The molecule has 0 aromatic carbocycles. The third-order valence-electron chi connectivity index (χ3n) is 3.68. The molecule has 1 rings (SSSR count). The highest BCUT2D eigenvalue weighted by Gasteiger charge is 2.38. The zero-order valence-electron chi connectivity index (χ0n) is 12.2. The van der Waals surface area contributed by atoms with Gasteiger partial charge in [-0.25, -0.2) is 0 Å². The predicted molar refractivity (Wildman–Crippen MR) is 75.3 cm³/mol. The molecule has 8 heteroatoms. The standard InChI is InChI=1S/C12H24BN3O4/c1-7(2)10(14)11(17)15-8(3)12(18)16-6-4-5-9(16)13(19)20/h7-10,19-20H,4-6,14H2,1-3H3,(H,15,17)/t8-,9+,10+/m1/s1. The zero-order valence-corrected chi connectivity index (χ0v) is 12.2. The van der Waals surface area contributed by atoms with E-state index in [9.17, 15) is 19.6 Å². The van der Waals surface area contributed by atoms with Crippen molar-refractivity contribution in [2.45, 2.75) is 51.6 Å². The van der Waals surface area contributed by atoms with E-state index in [0.29, 0.717) is 13.0 Å². The van der Waals surface area contributed by atoms with E-state index < -0.39 is 25.1 Å². The number of amides is 2. The first-order chi connectivity index (χ1) is 9.25. The van der Waals surface area contributed by atoms with Crippen LogP contribution in [-0.4, -0.2) is 58.5 Å². The number of carbonyl (C=O) groups excluding carboxylic acids is 2. The molecule has 114 valence electrons. The average molecular weight is 285 g/mol. The Hall–Kier alpha value is -1.12. The van der Waals surface area contributed by atoms with Crippen LogP contribution < -0.4 is 11.1 Å². The summed E-state index contributed by atoms with van der Waals surface area (Å²) < 4.78 is 0. The molecule has 5 N–H and O–H groups in total. The lowest BCUT2D eigenvalue weighted by Gasteiger charge is -2.28. The third kappa shape index (κ3) is 3.94. The van der Waals surface area contributed by atoms with E-state index in [4.69, 9.17) is 5.73 Å². The molecule has 1 saturated heterocycles. The van der Waals surface area contributed by atoms with Gasteiger partial charge in [-0.05, 0) is 25.7 Å². The number of hydrogen-bond donors (Lipinski definition) is 4. The number of nitrogens with two attached hydrogens (primary N) is 1. The van der Waals surface area contributed by atoms with Crippen LogP contribution >= 0.6 is 0 Å². The molecular formula is C12H24BN3O4. The van der Waals surface area contributed by atoms with Gasteiger partial charge in [-0.15, -0.1) is 0 Å². The van der Waals surface area contributed by atoms with E-state index in [0.717, 1.165) is 6.42 Å². The molecule has 1 aliphatic heterocycles. The summed E-state index contributed by atoms with van der Waals surface area (Å²) in [4.78, 5) is 25.5. The summed E-state index contributed by atoms with van der Waals surface area (Å²) in [5.41, 5.74) is 5.72. The van der Waals surface area contributed by atoms with Gasteiger partial charge in [0, 0.05) is 6.54 Å². The molecule has 0 radical (unpaired) electrons. The van der Waals surface area contributed by atoms with Crippen LogP contribution in [0.4, 0.5) is 0 Å². The number of nitrogens with zero attached hydrogens (tertiary/aromatic N) is 1. The third-order valence-corrected chi connectivity index (χ3v) is 3.68. The van der Waals surface area contributed by atoms with E-state index >= 15 is 0 Å². The Morgan fingerprint density at radius 3 is 2.45 bits per heavy atom. The summed E-state index contributed by atoms with van der Waals surface area (Å²) in [5, 5.41) is 21.1. The van der Waals surface area contributed by atoms with Gasteiger partial charge in [-0.1, -0.05) is 13.8 Å². The Bertz CT molecular complexity index is 365. The van der Waals surface area contributed by atoms with Gasteiger partial charge >= 0.3 is 7.12 Å². The molecule has 1 heterocycles. The van der Waals surface area contributed by atoms with E-state index in [1.165, 1.54) is 4.90 Å². The molecule has 0 bridgehead atoms. The summed E-state index contributed by atoms with van der Waals surface area (Å²) in [7, 11) is -1.55. The second kappa shape index (κ2) is 7.05. The van der Waals surface area contributed by atoms with Crippen molar-refractivity contribution in [2.75, 3.05) is 6.54 Å². The molecule has 1 fully saturated rings. The fourth-order valence-electron chi connectivity index (χ4n) is 2.30. The van der Waals surface area contributed by atoms with Gasteiger partial charge in [0.2, 0.25) is 11.8 Å². The molecule has 2 amide bonds. The van der Waals surface area contributed by atoms with Crippen molar-refractivity contribution >= 4 is 18.9 Å². The molecular weight excluding hydrogens is 261 g/mol. The smallest absolute Gasteiger partial charge is 0.426 e. The van der Waals surface area contributed by atoms with Crippen LogP contribution in [0.2, 0.25) is 0 Å². The van der Waals surface area contributed by atoms with Crippen molar-refractivity contribution in [3.05, 3.63) is 0 Å². The molecule has 20 heavy (non-hydrogen) atoms. The monoisotopic (exact) mass is 285 g/mol. The summed E-state index contributed by atoms with van der Waals surface area (Å²) in [6.45, 7) is 5.70. The molecule has 3 atom stereocenters. The van der Waals surface area contributed by atoms with Crippen molar-refractivity contribution < 1.29 is 19.6 Å². The maximum atomic E-state index is 12.2. The van der Waals surface area contributed by atoms with Gasteiger partial charge in [0.25, 0.3) is 0 Å². The van der Waals surface area contributed by atoms with Crippen LogP contribution in [0.15, 0.2) is 0 Å². The first-order valence-corrected chi connectivity index (χ1v) is 6.98. The zero-order chi connectivity index (χ0) is 15.4. The fourth-order valence-corrected chi connectivity index (χ4v) is 2.30. The summed E-state index contributed by atoms with van der Waals surface area (Å²) in [5.74, 6) is -1.30. The Morgan fingerprint density at radius 2 is 1.95 bits per heavy atom. The summed E-state index contributed by atoms with van der Waals surface area (Å²) in [6.07, 6.45) is 1.27. The normalized spacial score (nSPS) is 21.8. The van der Waals surface area contributed by atoms with E-state index in [-0.39, 0.29) is 17.7 Å². The Morgan fingerprint density at radius 1 is 1.35 bits per heavy atom. The highest BCUT2D eigenvalue weighted by molar-refractivity contribution is 6.43. The SMILES string of the molecule is CC(C)[C@H](N)C(=O)N[C@H](C)C(=O)N1CCC[C@H]1B(O)O. The van der Waals surface area contributed by atoms with Crippen molar-refractivity contribution in [3.63, 3.8) is 0 Å². The second-order valence-electron chi connectivity index (χ2n) is 5.65. The second-order valence-corrected chi connectivity index (χ2v) is 5.65. The lowest BCUT2D eigenvalue weighted by atomic mass is 9.78. The molecule has 1 aliphatic rings.